The lowest BCUT2D eigenvalue weighted by molar-refractivity contribution is -0.384. The van der Waals surface area contributed by atoms with Gasteiger partial charge < -0.3 is 10.5 Å². The summed E-state index contributed by atoms with van der Waals surface area (Å²) in [5, 5.41) is 20.1. The van der Waals surface area contributed by atoms with Gasteiger partial charge in [0, 0.05) is 13.1 Å². The fourth-order valence-electron chi connectivity index (χ4n) is 1.53. The fourth-order valence-corrected chi connectivity index (χ4v) is 3.06. The summed E-state index contributed by atoms with van der Waals surface area (Å²) in [5.74, 6) is 5.19. The van der Waals surface area contributed by atoms with Crippen LogP contribution in [-0.4, -0.2) is 41.9 Å². The van der Waals surface area contributed by atoms with E-state index in [9.17, 15) is 23.6 Å². The SMILES string of the molecule is CN(C(C)(C)CO)S(=O)(=O)c1ccc([N+](=O)[O-])c(NN)c1. The number of nitrogens with zero attached hydrogens (tertiary/aromatic N) is 2. The summed E-state index contributed by atoms with van der Waals surface area (Å²) in [4.78, 5) is 9.96. The minimum absolute atomic E-state index is 0.115. The van der Waals surface area contributed by atoms with Gasteiger partial charge in [-0.3, -0.25) is 16.0 Å². The molecule has 4 N–H and O–H groups in total. The molecule has 0 saturated carbocycles. The number of nitrogens with two attached hydrogens (primary N) is 1. The number of likely N-dealkylation sites (N-methyl/N-ethyl adjacent to an activating group) is 1. The van der Waals surface area contributed by atoms with Gasteiger partial charge in [-0.2, -0.15) is 4.31 Å². The van der Waals surface area contributed by atoms with E-state index in [0.29, 0.717) is 0 Å². The van der Waals surface area contributed by atoms with Crippen LogP contribution in [0.2, 0.25) is 0 Å². The summed E-state index contributed by atoms with van der Waals surface area (Å²) in [6.45, 7) is 2.73. The molecule has 0 atom stereocenters. The third kappa shape index (κ3) is 3.29. The number of aliphatic hydroxyl groups is 1. The predicted octanol–water partition coefficient (Wildman–Crippen LogP) is 0.272. The van der Waals surface area contributed by atoms with E-state index in [4.69, 9.17) is 5.84 Å². The van der Waals surface area contributed by atoms with Gasteiger partial charge in [-0.05, 0) is 26.0 Å². The molecule has 118 valence electrons. The quantitative estimate of drug-likeness (QED) is 0.388. The second-order valence-corrected chi connectivity index (χ2v) is 6.99. The van der Waals surface area contributed by atoms with Gasteiger partial charge in [0.2, 0.25) is 10.0 Å². The lowest BCUT2D eigenvalue weighted by Gasteiger charge is -2.32. The zero-order chi connectivity index (χ0) is 16.4. The average molecular weight is 318 g/mol. The average Bonchev–Trinajstić information content (AvgIpc) is 2.45. The van der Waals surface area contributed by atoms with Gasteiger partial charge in [-0.25, -0.2) is 8.42 Å². The van der Waals surface area contributed by atoms with E-state index >= 15 is 0 Å². The normalized spacial score (nSPS) is 12.5. The Morgan fingerprint density at radius 3 is 2.48 bits per heavy atom. The number of nitro benzene ring substituents is 1. The van der Waals surface area contributed by atoms with Crippen molar-refractivity contribution in [3.05, 3.63) is 28.3 Å². The van der Waals surface area contributed by atoms with Crippen molar-refractivity contribution in [2.24, 2.45) is 5.84 Å². The van der Waals surface area contributed by atoms with Gasteiger partial charge in [0.1, 0.15) is 5.69 Å². The third-order valence-electron chi connectivity index (χ3n) is 3.22. The van der Waals surface area contributed by atoms with Crippen LogP contribution in [0.5, 0.6) is 0 Å². The molecule has 0 unspecified atom stereocenters. The Labute approximate surface area is 122 Å². The molecule has 9 nitrogen and oxygen atoms in total. The van der Waals surface area contributed by atoms with Gasteiger partial charge in [0.15, 0.2) is 0 Å². The Morgan fingerprint density at radius 1 is 1.48 bits per heavy atom. The highest BCUT2D eigenvalue weighted by Gasteiger charge is 2.34. The Bertz CT molecular complexity index is 644. The number of hydrogen-bond acceptors (Lipinski definition) is 7. The topological polar surface area (TPSA) is 139 Å². The molecule has 0 saturated heterocycles. The Hall–Kier alpha value is -1.75. The molecule has 0 amide bonds. The lowest BCUT2D eigenvalue weighted by Crippen LogP contribution is -2.47. The molecule has 0 fully saturated rings. The van der Waals surface area contributed by atoms with E-state index in [2.05, 4.69) is 5.43 Å². The molecule has 0 spiro atoms. The number of sulfonamides is 1. The molecule has 0 bridgehead atoms. The monoisotopic (exact) mass is 318 g/mol. The Morgan fingerprint density at radius 2 is 2.05 bits per heavy atom. The maximum atomic E-state index is 12.5. The summed E-state index contributed by atoms with van der Waals surface area (Å²) in [7, 11) is -2.61. The summed E-state index contributed by atoms with van der Waals surface area (Å²) in [5.41, 5.74) is 0.643. The number of nitrogens with one attached hydrogen (secondary N) is 1. The molecule has 0 aliphatic rings. The second-order valence-electron chi connectivity index (χ2n) is 5.02. The number of hydrazine groups is 1. The number of aliphatic hydroxyl groups excluding tert-OH is 1. The van der Waals surface area contributed by atoms with Crippen molar-refractivity contribution in [3.63, 3.8) is 0 Å². The van der Waals surface area contributed by atoms with Crippen LogP contribution in [0.15, 0.2) is 23.1 Å². The van der Waals surface area contributed by atoms with Crippen LogP contribution in [0, 0.1) is 10.1 Å². The smallest absolute Gasteiger partial charge is 0.293 e. The molecular formula is C11H18N4O5S. The van der Waals surface area contributed by atoms with Crippen molar-refractivity contribution in [3.8, 4) is 0 Å². The first kappa shape index (κ1) is 17.3. The first-order valence-corrected chi connectivity index (χ1v) is 7.37. The van der Waals surface area contributed by atoms with Crippen molar-refractivity contribution in [2.75, 3.05) is 19.1 Å². The second kappa shape index (κ2) is 5.93. The lowest BCUT2D eigenvalue weighted by atomic mass is 10.1. The minimum atomic E-state index is -3.93. The zero-order valence-electron chi connectivity index (χ0n) is 11.9. The maximum Gasteiger partial charge on any atom is 0.293 e. The van der Waals surface area contributed by atoms with Crippen molar-refractivity contribution in [1.29, 1.82) is 0 Å². The highest BCUT2D eigenvalue weighted by molar-refractivity contribution is 7.89. The highest BCUT2D eigenvalue weighted by atomic mass is 32.2. The van der Waals surface area contributed by atoms with Gasteiger partial charge in [0.05, 0.1) is 22.0 Å². The van der Waals surface area contributed by atoms with Crippen LogP contribution < -0.4 is 11.3 Å². The summed E-state index contributed by atoms with van der Waals surface area (Å²) < 4.78 is 25.9. The zero-order valence-corrected chi connectivity index (χ0v) is 12.7. The number of benzene rings is 1. The first-order valence-electron chi connectivity index (χ1n) is 5.93. The summed E-state index contributed by atoms with van der Waals surface area (Å²) in [6.07, 6.45) is 0. The van der Waals surface area contributed by atoms with Crippen LogP contribution in [0.4, 0.5) is 11.4 Å². The molecule has 1 aromatic carbocycles. The molecule has 0 aliphatic heterocycles. The van der Waals surface area contributed by atoms with Crippen LogP contribution in [0.3, 0.4) is 0 Å². The molecule has 0 radical (unpaired) electrons. The number of anilines is 1. The van der Waals surface area contributed by atoms with E-state index in [0.717, 1.165) is 22.5 Å². The molecule has 0 heterocycles. The Kier molecular flexibility index (Phi) is 4.89. The molecule has 0 aromatic heterocycles. The van der Waals surface area contributed by atoms with Crippen molar-refractivity contribution >= 4 is 21.4 Å². The Balaban J connectivity index is 3.37. The largest absolute Gasteiger partial charge is 0.394 e. The maximum absolute atomic E-state index is 12.5. The molecule has 1 rings (SSSR count). The van der Waals surface area contributed by atoms with E-state index in [-0.39, 0.29) is 22.9 Å². The van der Waals surface area contributed by atoms with Crippen molar-refractivity contribution in [1.82, 2.24) is 4.31 Å². The molecular weight excluding hydrogens is 300 g/mol. The van der Waals surface area contributed by atoms with Crippen LogP contribution in [0.1, 0.15) is 13.8 Å². The molecule has 1 aromatic rings. The molecule has 21 heavy (non-hydrogen) atoms. The minimum Gasteiger partial charge on any atom is -0.394 e. The van der Waals surface area contributed by atoms with Crippen LogP contribution >= 0.6 is 0 Å². The molecule has 10 heteroatoms. The van der Waals surface area contributed by atoms with E-state index in [1.807, 2.05) is 0 Å². The van der Waals surface area contributed by atoms with Crippen molar-refractivity contribution < 1.29 is 18.4 Å². The fraction of sp³-hybridized carbons (Fsp3) is 0.455. The van der Waals surface area contributed by atoms with Gasteiger partial charge >= 0.3 is 0 Å². The van der Waals surface area contributed by atoms with E-state index < -0.39 is 20.5 Å². The highest BCUT2D eigenvalue weighted by Crippen LogP contribution is 2.29. The van der Waals surface area contributed by atoms with Gasteiger partial charge in [-0.15, -0.1) is 0 Å². The van der Waals surface area contributed by atoms with E-state index in [1.165, 1.54) is 7.05 Å². The number of nitro groups is 1. The predicted molar refractivity (Wildman–Crippen MR) is 77.0 cm³/mol. The number of rotatable bonds is 6. The number of hydrogen-bond donors (Lipinski definition) is 3. The first-order chi connectivity index (χ1) is 9.57. The van der Waals surface area contributed by atoms with Crippen LogP contribution in [0.25, 0.3) is 0 Å². The molecule has 0 aliphatic carbocycles. The standard InChI is InChI=1S/C11H18N4O5S/c1-11(2,7-16)14(3)21(19,20)8-4-5-10(15(17)18)9(6-8)13-12/h4-6,13,16H,7,12H2,1-3H3. The van der Waals surface area contributed by atoms with Crippen molar-refractivity contribution in [2.45, 2.75) is 24.3 Å². The third-order valence-corrected chi connectivity index (χ3v) is 5.28. The summed E-state index contributed by atoms with van der Waals surface area (Å²) in [6, 6.07) is 3.26. The van der Waals surface area contributed by atoms with Gasteiger partial charge in [0.25, 0.3) is 5.69 Å². The van der Waals surface area contributed by atoms with Crippen LogP contribution in [-0.2, 0) is 10.0 Å². The summed E-state index contributed by atoms with van der Waals surface area (Å²) >= 11 is 0. The van der Waals surface area contributed by atoms with E-state index in [1.54, 1.807) is 13.8 Å². The van der Waals surface area contributed by atoms with Gasteiger partial charge in [-0.1, -0.05) is 0 Å². The number of nitrogen functional groups attached to an aromatic ring is 1.